The molecule has 2 rings (SSSR count). The zero-order valence-electron chi connectivity index (χ0n) is 12.4. The largest absolute Gasteiger partial charge is 0.481 e. The van der Waals surface area contributed by atoms with E-state index in [4.69, 9.17) is 16.3 Å². The van der Waals surface area contributed by atoms with E-state index in [1.165, 1.54) is 31.3 Å². The molecular weight excluding hydrogens is 286 g/mol. The number of ether oxygens (including phenoxy) is 1. The molecule has 0 aliphatic heterocycles. The van der Waals surface area contributed by atoms with Gasteiger partial charge in [0, 0.05) is 11.6 Å². The minimum absolute atomic E-state index is 0.0821. The number of hydrogen-bond donors (Lipinski definition) is 1. The molecule has 1 atom stereocenters. The van der Waals surface area contributed by atoms with E-state index >= 15 is 0 Å². The average molecular weight is 308 g/mol. The van der Waals surface area contributed by atoms with Gasteiger partial charge in [-0.25, -0.2) is 0 Å². The van der Waals surface area contributed by atoms with Gasteiger partial charge in [-0.05, 0) is 63.3 Å². The number of hydrogen-bond acceptors (Lipinski definition) is 2. The van der Waals surface area contributed by atoms with E-state index in [-0.39, 0.29) is 5.91 Å². The first-order valence-electron chi connectivity index (χ1n) is 7.53. The first-order valence-corrected chi connectivity index (χ1v) is 7.91. The first-order chi connectivity index (χ1) is 10.1. The molecule has 1 aliphatic carbocycles. The van der Waals surface area contributed by atoms with Crippen LogP contribution in [0.25, 0.3) is 0 Å². The number of rotatable bonds is 6. The third kappa shape index (κ3) is 5.43. The molecule has 4 heteroatoms. The second kappa shape index (κ2) is 8.08. The highest BCUT2D eigenvalue weighted by Gasteiger charge is 2.14. The lowest BCUT2D eigenvalue weighted by Gasteiger charge is -2.16. The second-order valence-corrected chi connectivity index (χ2v) is 5.80. The number of benzene rings is 1. The van der Waals surface area contributed by atoms with E-state index in [0.29, 0.717) is 17.3 Å². The van der Waals surface area contributed by atoms with Gasteiger partial charge in [-0.1, -0.05) is 23.3 Å². The van der Waals surface area contributed by atoms with Crippen LogP contribution in [0, 0.1) is 0 Å². The molecule has 0 saturated carbocycles. The highest BCUT2D eigenvalue weighted by molar-refractivity contribution is 6.30. The Balaban J connectivity index is 1.72. The van der Waals surface area contributed by atoms with Crippen LogP contribution in [0.1, 0.15) is 39.0 Å². The minimum Gasteiger partial charge on any atom is -0.481 e. The van der Waals surface area contributed by atoms with Crippen LogP contribution in [0.3, 0.4) is 0 Å². The Kier molecular flexibility index (Phi) is 6.12. The van der Waals surface area contributed by atoms with Crippen molar-refractivity contribution < 1.29 is 9.53 Å². The molecule has 0 heterocycles. The fourth-order valence-electron chi connectivity index (χ4n) is 2.39. The number of halogens is 1. The van der Waals surface area contributed by atoms with Gasteiger partial charge in [0.25, 0.3) is 5.91 Å². The van der Waals surface area contributed by atoms with Gasteiger partial charge in [0.15, 0.2) is 6.10 Å². The van der Waals surface area contributed by atoms with E-state index in [2.05, 4.69) is 11.4 Å². The number of carbonyl (C=O) groups is 1. The molecule has 1 amide bonds. The van der Waals surface area contributed by atoms with Gasteiger partial charge in [0.1, 0.15) is 5.75 Å². The van der Waals surface area contributed by atoms with Crippen LogP contribution in [0.15, 0.2) is 35.9 Å². The van der Waals surface area contributed by atoms with Crippen molar-refractivity contribution in [3.8, 4) is 5.75 Å². The number of amides is 1. The van der Waals surface area contributed by atoms with Crippen LogP contribution in [0.4, 0.5) is 0 Å². The molecule has 1 aromatic carbocycles. The third-order valence-corrected chi connectivity index (χ3v) is 3.88. The van der Waals surface area contributed by atoms with E-state index < -0.39 is 6.10 Å². The predicted octanol–water partition coefficient (Wildman–Crippen LogP) is 4.11. The third-order valence-electron chi connectivity index (χ3n) is 3.63. The molecule has 21 heavy (non-hydrogen) atoms. The Morgan fingerprint density at radius 3 is 2.76 bits per heavy atom. The van der Waals surface area contributed by atoms with Crippen molar-refractivity contribution >= 4 is 17.5 Å². The maximum absolute atomic E-state index is 12.0. The summed E-state index contributed by atoms with van der Waals surface area (Å²) < 4.78 is 5.59. The zero-order valence-corrected chi connectivity index (χ0v) is 13.2. The van der Waals surface area contributed by atoms with Gasteiger partial charge < -0.3 is 10.1 Å². The van der Waals surface area contributed by atoms with E-state index in [1.807, 2.05) is 0 Å². The fourth-order valence-corrected chi connectivity index (χ4v) is 2.52. The van der Waals surface area contributed by atoms with Gasteiger partial charge in [-0.2, -0.15) is 0 Å². The molecule has 0 unspecified atom stereocenters. The lowest BCUT2D eigenvalue weighted by atomic mass is 9.97. The van der Waals surface area contributed by atoms with Crippen molar-refractivity contribution in [1.29, 1.82) is 0 Å². The van der Waals surface area contributed by atoms with E-state index in [1.54, 1.807) is 31.2 Å². The number of carbonyl (C=O) groups excluding carboxylic acids is 1. The Morgan fingerprint density at radius 1 is 1.33 bits per heavy atom. The summed E-state index contributed by atoms with van der Waals surface area (Å²) in [4.78, 5) is 12.0. The van der Waals surface area contributed by atoms with Crippen LogP contribution in [-0.2, 0) is 4.79 Å². The standard InChI is InChI=1S/C17H22ClNO2/c1-13(21-16-9-7-15(18)8-10-16)17(20)19-12-11-14-5-3-2-4-6-14/h5,7-10,13H,2-4,6,11-12H2,1H3,(H,19,20)/t13-/m1/s1. The molecule has 114 valence electrons. The lowest BCUT2D eigenvalue weighted by molar-refractivity contribution is -0.127. The fraction of sp³-hybridized carbons (Fsp3) is 0.471. The Hall–Kier alpha value is -1.48. The van der Waals surface area contributed by atoms with Gasteiger partial charge in [-0.3, -0.25) is 4.79 Å². The summed E-state index contributed by atoms with van der Waals surface area (Å²) in [6, 6.07) is 7.02. The smallest absolute Gasteiger partial charge is 0.260 e. The molecule has 0 bridgehead atoms. The summed E-state index contributed by atoms with van der Waals surface area (Å²) in [5, 5.41) is 3.58. The van der Waals surface area contributed by atoms with Crippen LogP contribution in [0.2, 0.25) is 5.02 Å². The number of allylic oxidation sites excluding steroid dienone is 1. The molecule has 1 aliphatic rings. The summed E-state index contributed by atoms with van der Waals surface area (Å²) in [6.07, 6.45) is 7.67. The maximum Gasteiger partial charge on any atom is 0.260 e. The zero-order chi connectivity index (χ0) is 15.1. The molecule has 0 radical (unpaired) electrons. The highest BCUT2D eigenvalue weighted by atomic mass is 35.5. The van der Waals surface area contributed by atoms with Crippen molar-refractivity contribution in [2.75, 3.05) is 6.54 Å². The topological polar surface area (TPSA) is 38.3 Å². The first kappa shape index (κ1) is 15.9. The van der Waals surface area contributed by atoms with Crippen LogP contribution in [0.5, 0.6) is 5.75 Å². The van der Waals surface area contributed by atoms with Crippen LogP contribution >= 0.6 is 11.6 Å². The summed E-state index contributed by atoms with van der Waals surface area (Å²) in [7, 11) is 0. The van der Waals surface area contributed by atoms with Gasteiger partial charge in [0.05, 0.1) is 0 Å². The molecule has 1 aromatic rings. The second-order valence-electron chi connectivity index (χ2n) is 5.36. The van der Waals surface area contributed by atoms with Gasteiger partial charge in [0.2, 0.25) is 0 Å². The van der Waals surface area contributed by atoms with Crippen LogP contribution < -0.4 is 10.1 Å². The van der Waals surface area contributed by atoms with E-state index in [0.717, 1.165) is 6.42 Å². The normalized spacial score (nSPS) is 16.0. The Bertz CT molecular complexity index is 496. The SMILES string of the molecule is C[C@@H](Oc1ccc(Cl)cc1)C(=O)NCCC1=CCCCC1. The summed E-state index contributed by atoms with van der Waals surface area (Å²) in [6.45, 7) is 2.43. The summed E-state index contributed by atoms with van der Waals surface area (Å²) >= 11 is 5.81. The predicted molar refractivity (Wildman–Crippen MR) is 85.7 cm³/mol. The molecular formula is C17H22ClNO2. The van der Waals surface area contributed by atoms with Crippen molar-refractivity contribution in [3.05, 3.63) is 40.9 Å². The molecule has 3 nitrogen and oxygen atoms in total. The van der Waals surface area contributed by atoms with Crippen LogP contribution in [-0.4, -0.2) is 18.6 Å². The molecule has 0 fully saturated rings. The van der Waals surface area contributed by atoms with Crippen molar-refractivity contribution in [3.63, 3.8) is 0 Å². The average Bonchev–Trinajstić information content (AvgIpc) is 2.50. The summed E-state index contributed by atoms with van der Waals surface area (Å²) in [5.74, 6) is 0.568. The monoisotopic (exact) mass is 307 g/mol. The summed E-state index contributed by atoms with van der Waals surface area (Å²) in [5.41, 5.74) is 1.47. The highest BCUT2D eigenvalue weighted by Crippen LogP contribution is 2.19. The van der Waals surface area contributed by atoms with Gasteiger partial charge in [-0.15, -0.1) is 0 Å². The number of nitrogens with one attached hydrogen (secondary N) is 1. The molecule has 0 aromatic heterocycles. The lowest BCUT2D eigenvalue weighted by Crippen LogP contribution is -2.36. The Morgan fingerprint density at radius 2 is 2.10 bits per heavy atom. The van der Waals surface area contributed by atoms with E-state index in [9.17, 15) is 4.79 Å². The van der Waals surface area contributed by atoms with Gasteiger partial charge >= 0.3 is 0 Å². The maximum atomic E-state index is 12.0. The van der Waals surface area contributed by atoms with Crippen molar-refractivity contribution in [2.24, 2.45) is 0 Å². The Labute approximate surface area is 131 Å². The molecule has 1 N–H and O–H groups in total. The van der Waals surface area contributed by atoms with Crippen molar-refractivity contribution in [2.45, 2.75) is 45.1 Å². The molecule has 0 saturated heterocycles. The molecule has 0 spiro atoms. The quantitative estimate of drug-likeness (QED) is 0.803. The van der Waals surface area contributed by atoms with Crippen molar-refractivity contribution in [1.82, 2.24) is 5.32 Å². The minimum atomic E-state index is -0.508.